The third kappa shape index (κ3) is 34.8. The van der Waals surface area contributed by atoms with E-state index in [1.807, 2.05) is 0 Å². The predicted molar refractivity (Wildman–Crippen MR) is 192 cm³/mol. The van der Waals surface area contributed by atoms with E-state index in [2.05, 4.69) is 13.8 Å². The minimum atomic E-state index is -4.25. The number of rotatable bonds is 38. The molecule has 8 nitrogen and oxygen atoms in total. The van der Waals surface area contributed by atoms with E-state index in [1.54, 1.807) is 0 Å². The van der Waals surface area contributed by atoms with Crippen LogP contribution in [0.3, 0.4) is 0 Å². The Morgan fingerprint density at radius 1 is 0.565 bits per heavy atom. The summed E-state index contributed by atoms with van der Waals surface area (Å²) in [6, 6.07) is 0. The first-order valence-electron chi connectivity index (χ1n) is 19.5. The number of hydrogen-bond donors (Lipinski definition) is 2. The molecule has 0 radical (unpaired) electrons. The molecule has 0 aromatic carbocycles. The van der Waals surface area contributed by atoms with Crippen LogP contribution in [0.25, 0.3) is 0 Å². The molecular formula is C37H76NO7P. The average Bonchev–Trinajstić information content (AvgIpc) is 3.04. The van der Waals surface area contributed by atoms with Gasteiger partial charge in [-0.05, 0) is 12.8 Å². The highest BCUT2D eigenvalue weighted by atomic mass is 31.2. The van der Waals surface area contributed by atoms with Crippen molar-refractivity contribution in [2.75, 3.05) is 33.0 Å². The molecular weight excluding hydrogens is 601 g/mol. The molecule has 2 unspecified atom stereocenters. The minimum absolute atomic E-state index is 0.0913. The molecule has 0 bridgehead atoms. The molecule has 0 amide bonds. The lowest BCUT2D eigenvalue weighted by atomic mass is 10.0. The second-order valence-electron chi connectivity index (χ2n) is 13.2. The summed E-state index contributed by atoms with van der Waals surface area (Å²) in [5.74, 6) is -0.339. The van der Waals surface area contributed by atoms with Gasteiger partial charge in [0, 0.05) is 19.6 Å². The number of phosphoric acid groups is 1. The van der Waals surface area contributed by atoms with Crippen LogP contribution in [-0.4, -0.2) is 49.9 Å². The third-order valence-electron chi connectivity index (χ3n) is 8.52. The number of carbonyl (C=O) groups excluding carboxylic acids is 1. The minimum Gasteiger partial charge on any atom is -0.457 e. The van der Waals surface area contributed by atoms with Crippen molar-refractivity contribution in [1.82, 2.24) is 0 Å². The standard InChI is InChI=1S/C37H76NO7P/c1-3-5-7-9-10-11-12-13-14-15-16-17-18-19-20-21-22-23-24-25-27-29-32-42-34-36(35-44-46(40,41)43-33-31-38)45-37(39)30-28-26-8-6-4-2/h36H,3-35,38H2,1-2H3,(H,40,41). The van der Waals surface area contributed by atoms with Crippen molar-refractivity contribution in [3.05, 3.63) is 0 Å². The Hall–Kier alpha value is -0.500. The second-order valence-corrected chi connectivity index (χ2v) is 14.6. The van der Waals surface area contributed by atoms with Crippen LogP contribution in [0.15, 0.2) is 0 Å². The Balaban J connectivity index is 3.75. The fourth-order valence-corrected chi connectivity index (χ4v) is 6.41. The van der Waals surface area contributed by atoms with E-state index in [1.165, 1.54) is 128 Å². The highest BCUT2D eigenvalue weighted by Crippen LogP contribution is 2.43. The molecule has 0 saturated carbocycles. The summed E-state index contributed by atoms with van der Waals surface area (Å²) in [7, 11) is -4.25. The fourth-order valence-electron chi connectivity index (χ4n) is 5.64. The van der Waals surface area contributed by atoms with Crippen LogP contribution in [0.5, 0.6) is 0 Å². The van der Waals surface area contributed by atoms with E-state index >= 15 is 0 Å². The Morgan fingerprint density at radius 3 is 1.37 bits per heavy atom. The molecule has 0 aromatic rings. The number of ether oxygens (including phenoxy) is 2. The van der Waals surface area contributed by atoms with Crippen LogP contribution in [-0.2, 0) is 27.9 Å². The number of phosphoric ester groups is 1. The van der Waals surface area contributed by atoms with Gasteiger partial charge < -0.3 is 20.1 Å². The van der Waals surface area contributed by atoms with Crippen LogP contribution < -0.4 is 5.73 Å². The highest BCUT2D eigenvalue weighted by Gasteiger charge is 2.25. The maximum atomic E-state index is 12.3. The Kier molecular flexibility index (Phi) is 35.4. The Bertz CT molecular complexity index is 682. The molecule has 0 aliphatic rings. The smallest absolute Gasteiger partial charge is 0.457 e. The molecule has 0 heterocycles. The van der Waals surface area contributed by atoms with Crippen LogP contribution in [0.2, 0.25) is 0 Å². The van der Waals surface area contributed by atoms with Crippen LogP contribution in [0.4, 0.5) is 0 Å². The van der Waals surface area contributed by atoms with Gasteiger partial charge in [-0.25, -0.2) is 4.57 Å². The van der Waals surface area contributed by atoms with Crippen molar-refractivity contribution in [2.45, 2.75) is 200 Å². The SMILES string of the molecule is CCCCCCCCCCCCCCCCCCCCCCCCOCC(COP(=O)(O)OCCN)OC(=O)CCCCCCC. The van der Waals surface area contributed by atoms with Crippen LogP contribution >= 0.6 is 7.82 Å². The number of esters is 1. The normalized spacial score (nSPS) is 13.6. The van der Waals surface area contributed by atoms with Gasteiger partial charge in [0.1, 0.15) is 6.10 Å². The summed E-state index contributed by atoms with van der Waals surface area (Å²) < 4.78 is 33.1. The summed E-state index contributed by atoms with van der Waals surface area (Å²) in [6.07, 6.45) is 34.5. The van der Waals surface area contributed by atoms with Gasteiger partial charge in [0.2, 0.25) is 0 Å². The van der Waals surface area contributed by atoms with E-state index in [9.17, 15) is 14.3 Å². The molecule has 0 aromatic heterocycles. The van der Waals surface area contributed by atoms with Crippen molar-refractivity contribution < 1.29 is 32.8 Å². The Morgan fingerprint density at radius 2 is 0.957 bits per heavy atom. The zero-order valence-electron chi connectivity index (χ0n) is 30.3. The first-order valence-corrected chi connectivity index (χ1v) is 21.0. The lowest BCUT2D eigenvalue weighted by Gasteiger charge is -2.20. The monoisotopic (exact) mass is 678 g/mol. The van der Waals surface area contributed by atoms with Gasteiger partial charge in [-0.15, -0.1) is 0 Å². The molecule has 0 rings (SSSR count). The van der Waals surface area contributed by atoms with E-state index in [0.717, 1.165) is 44.9 Å². The van der Waals surface area contributed by atoms with Crippen molar-refractivity contribution in [1.29, 1.82) is 0 Å². The van der Waals surface area contributed by atoms with Gasteiger partial charge in [-0.3, -0.25) is 13.8 Å². The van der Waals surface area contributed by atoms with Gasteiger partial charge in [0.15, 0.2) is 0 Å². The fraction of sp³-hybridized carbons (Fsp3) is 0.973. The topological polar surface area (TPSA) is 117 Å². The van der Waals surface area contributed by atoms with E-state index in [0.29, 0.717) is 13.0 Å². The van der Waals surface area contributed by atoms with Crippen LogP contribution in [0.1, 0.15) is 194 Å². The number of hydrogen-bond acceptors (Lipinski definition) is 7. The van der Waals surface area contributed by atoms with Gasteiger partial charge in [0.25, 0.3) is 0 Å². The maximum absolute atomic E-state index is 12.3. The largest absolute Gasteiger partial charge is 0.472 e. The maximum Gasteiger partial charge on any atom is 0.472 e. The summed E-state index contributed by atoms with van der Waals surface area (Å²) in [6.45, 7) is 4.87. The first kappa shape index (κ1) is 45.5. The number of unbranched alkanes of at least 4 members (excludes halogenated alkanes) is 25. The summed E-state index contributed by atoms with van der Waals surface area (Å²) in [4.78, 5) is 22.1. The molecule has 0 saturated heterocycles. The zero-order chi connectivity index (χ0) is 33.8. The lowest BCUT2D eigenvalue weighted by Crippen LogP contribution is -2.28. The molecule has 0 fully saturated rings. The molecule has 9 heteroatoms. The lowest BCUT2D eigenvalue weighted by molar-refractivity contribution is -0.154. The molecule has 276 valence electrons. The highest BCUT2D eigenvalue weighted by molar-refractivity contribution is 7.47. The van der Waals surface area contributed by atoms with Crippen LogP contribution in [0, 0.1) is 0 Å². The summed E-state index contributed by atoms with van der Waals surface area (Å²) >= 11 is 0. The summed E-state index contributed by atoms with van der Waals surface area (Å²) in [5, 5.41) is 0. The van der Waals surface area contributed by atoms with Gasteiger partial charge >= 0.3 is 13.8 Å². The van der Waals surface area contributed by atoms with Crippen molar-refractivity contribution >= 4 is 13.8 Å². The third-order valence-corrected chi connectivity index (χ3v) is 9.51. The van der Waals surface area contributed by atoms with E-state index < -0.39 is 13.9 Å². The van der Waals surface area contributed by atoms with E-state index in [-0.39, 0.29) is 32.3 Å². The average molecular weight is 678 g/mol. The molecule has 0 aliphatic heterocycles. The molecule has 46 heavy (non-hydrogen) atoms. The quantitative estimate of drug-likeness (QED) is 0.0377. The van der Waals surface area contributed by atoms with Gasteiger partial charge in [0.05, 0.1) is 19.8 Å². The first-order chi connectivity index (χ1) is 22.4. The Labute approximate surface area is 284 Å². The van der Waals surface area contributed by atoms with E-state index in [4.69, 9.17) is 24.3 Å². The molecule has 3 N–H and O–H groups in total. The van der Waals surface area contributed by atoms with Crippen molar-refractivity contribution in [3.63, 3.8) is 0 Å². The summed E-state index contributed by atoms with van der Waals surface area (Å²) in [5.41, 5.74) is 5.33. The molecule has 0 aliphatic carbocycles. The van der Waals surface area contributed by atoms with Gasteiger partial charge in [-0.2, -0.15) is 0 Å². The zero-order valence-corrected chi connectivity index (χ0v) is 31.2. The molecule has 0 spiro atoms. The number of nitrogens with two attached hydrogens (primary N) is 1. The molecule has 2 atom stereocenters. The van der Waals surface area contributed by atoms with Gasteiger partial charge in [-0.1, -0.05) is 174 Å². The van der Waals surface area contributed by atoms with Crippen molar-refractivity contribution in [2.24, 2.45) is 5.73 Å². The predicted octanol–water partition coefficient (Wildman–Crippen LogP) is 11.0. The number of carbonyl (C=O) groups is 1. The second kappa shape index (κ2) is 35.8. The van der Waals surface area contributed by atoms with Crippen molar-refractivity contribution in [3.8, 4) is 0 Å².